The highest BCUT2D eigenvalue weighted by Gasteiger charge is 2.54. The van der Waals surface area contributed by atoms with Gasteiger partial charge < -0.3 is 4.74 Å². The fourth-order valence-electron chi connectivity index (χ4n) is 1.18. The minimum atomic E-state index is -5.77. The molecule has 0 aliphatic rings. The molecule has 17 heavy (non-hydrogen) atoms. The van der Waals surface area contributed by atoms with Crippen LogP contribution >= 0.6 is 0 Å². The maximum Gasteiger partial charge on any atom is 0.465 e. The summed E-state index contributed by atoms with van der Waals surface area (Å²) < 4.78 is 58.0. The number of hydrogen-bond donors (Lipinski definition) is 1. The van der Waals surface area contributed by atoms with E-state index in [9.17, 15) is 22.0 Å². The topological polar surface area (TPSA) is 80.7 Å². The monoisotopic (exact) mass is 274 g/mol. The first-order valence-electron chi connectivity index (χ1n) is 5.15. The van der Waals surface area contributed by atoms with Gasteiger partial charge >= 0.3 is 21.3 Å². The number of carbonyl (C=O) groups excluding carboxylic acids is 1. The van der Waals surface area contributed by atoms with E-state index in [1.54, 1.807) is 0 Å². The molecule has 0 radical (unpaired) electrons. The molecule has 8 heteroatoms. The standard InChI is InChI=1S/C9H16F2O5S/c1-3-4-7(2)5-6-16-8(12)9(10,11)17(13,14)15/h7H,3-6H2,1-2H3,(H,13,14,15). The Morgan fingerprint density at radius 1 is 1.41 bits per heavy atom. The Balaban J connectivity index is 4.21. The van der Waals surface area contributed by atoms with Crippen molar-refractivity contribution < 1.29 is 31.3 Å². The average Bonchev–Trinajstić information content (AvgIpc) is 2.16. The van der Waals surface area contributed by atoms with Gasteiger partial charge in [-0.3, -0.25) is 4.55 Å². The first-order valence-corrected chi connectivity index (χ1v) is 6.59. The summed E-state index contributed by atoms with van der Waals surface area (Å²) in [4.78, 5) is 10.7. The lowest BCUT2D eigenvalue weighted by molar-refractivity contribution is -0.161. The number of alkyl halides is 2. The number of rotatable bonds is 7. The van der Waals surface area contributed by atoms with Crippen LogP contribution < -0.4 is 0 Å². The maximum atomic E-state index is 12.7. The third-order valence-corrected chi connectivity index (χ3v) is 3.00. The van der Waals surface area contributed by atoms with E-state index in [1.165, 1.54) is 0 Å². The van der Waals surface area contributed by atoms with E-state index < -0.39 is 21.3 Å². The molecule has 0 aliphatic carbocycles. The van der Waals surface area contributed by atoms with Crippen LogP contribution in [0.3, 0.4) is 0 Å². The molecule has 0 aromatic heterocycles. The van der Waals surface area contributed by atoms with Gasteiger partial charge in [-0.1, -0.05) is 26.7 Å². The van der Waals surface area contributed by atoms with Gasteiger partial charge in [0.1, 0.15) is 0 Å². The molecule has 0 saturated heterocycles. The zero-order chi connectivity index (χ0) is 13.7. The molecule has 1 N–H and O–H groups in total. The van der Waals surface area contributed by atoms with Crippen LogP contribution in [0.15, 0.2) is 0 Å². The molecule has 0 fully saturated rings. The number of esters is 1. The zero-order valence-corrected chi connectivity index (χ0v) is 10.5. The predicted molar refractivity (Wildman–Crippen MR) is 56.1 cm³/mol. The fraction of sp³-hybridized carbons (Fsp3) is 0.889. The Labute approximate surface area is 98.9 Å². The van der Waals surface area contributed by atoms with Crippen molar-refractivity contribution in [1.29, 1.82) is 0 Å². The Bertz CT molecular complexity index is 352. The van der Waals surface area contributed by atoms with Crippen LogP contribution in [0.2, 0.25) is 0 Å². The molecule has 0 aliphatic heterocycles. The highest BCUT2D eigenvalue weighted by molar-refractivity contribution is 7.87. The van der Waals surface area contributed by atoms with Crippen molar-refractivity contribution in [3.63, 3.8) is 0 Å². The molecule has 102 valence electrons. The van der Waals surface area contributed by atoms with Crippen LogP contribution in [-0.4, -0.2) is 30.8 Å². The third kappa shape index (κ3) is 4.95. The molecule has 0 aromatic carbocycles. The molecular weight excluding hydrogens is 258 g/mol. The summed E-state index contributed by atoms with van der Waals surface area (Å²) >= 11 is 0. The lowest BCUT2D eigenvalue weighted by Gasteiger charge is -2.13. The SMILES string of the molecule is CCCC(C)CCOC(=O)C(F)(F)S(=O)(=O)O. The van der Waals surface area contributed by atoms with Gasteiger partial charge in [0, 0.05) is 0 Å². The van der Waals surface area contributed by atoms with Crippen molar-refractivity contribution >= 4 is 16.1 Å². The Morgan fingerprint density at radius 3 is 2.35 bits per heavy atom. The third-order valence-electron chi connectivity index (χ3n) is 2.19. The highest BCUT2D eigenvalue weighted by atomic mass is 32.2. The second-order valence-electron chi connectivity index (χ2n) is 3.81. The number of hydrogen-bond acceptors (Lipinski definition) is 4. The van der Waals surface area contributed by atoms with Gasteiger partial charge in [0.25, 0.3) is 0 Å². The van der Waals surface area contributed by atoms with Crippen molar-refractivity contribution in [2.75, 3.05) is 6.61 Å². The van der Waals surface area contributed by atoms with Crippen LogP contribution in [0.1, 0.15) is 33.1 Å². The molecule has 0 aromatic rings. The summed E-state index contributed by atoms with van der Waals surface area (Å²) in [5.74, 6) is -2.06. The molecule has 0 bridgehead atoms. The minimum Gasteiger partial charge on any atom is -0.460 e. The summed E-state index contributed by atoms with van der Waals surface area (Å²) in [6, 6.07) is 0. The van der Waals surface area contributed by atoms with E-state index in [1.807, 2.05) is 13.8 Å². The van der Waals surface area contributed by atoms with E-state index in [0.717, 1.165) is 12.8 Å². The number of halogens is 2. The number of ether oxygens (including phenoxy) is 1. The second-order valence-corrected chi connectivity index (χ2v) is 5.27. The lowest BCUT2D eigenvalue weighted by Crippen LogP contribution is -2.39. The average molecular weight is 274 g/mol. The molecule has 0 spiro atoms. The Kier molecular flexibility index (Phi) is 5.97. The summed E-state index contributed by atoms with van der Waals surface area (Å²) in [6.45, 7) is 3.51. The van der Waals surface area contributed by atoms with Crippen LogP contribution in [-0.2, 0) is 19.6 Å². The van der Waals surface area contributed by atoms with Crippen molar-refractivity contribution in [2.45, 2.75) is 38.4 Å². The minimum absolute atomic E-state index is 0.187. The summed E-state index contributed by atoms with van der Waals surface area (Å²) in [6.07, 6.45) is 2.13. The summed E-state index contributed by atoms with van der Waals surface area (Å²) in [5.41, 5.74) is 0. The van der Waals surface area contributed by atoms with Crippen LogP contribution in [0.4, 0.5) is 8.78 Å². The van der Waals surface area contributed by atoms with Gasteiger partial charge in [-0.15, -0.1) is 0 Å². The highest BCUT2D eigenvalue weighted by Crippen LogP contribution is 2.22. The molecule has 1 unspecified atom stereocenters. The smallest absolute Gasteiger partial charge is 0.460 e. The van der Waals surface area contributed by atoms with Crippen LogP contribution in [0.25, 0.3) is 0 Å². The quantitative estimate of drug-likeness (QED) is 0.566. The molecule has 0 rings (SSSR count). The van der Waals surface area contributed by atoms with E-state index in [4.69, 9.17) is 4.55 Å². The van der Waals surface area contributed by atoms with E-state index in [-0.39, 0.29) is 12.5 Å². The van der Waals surface area contributed by atoms with E-state index in [0.29, 0.717) is 6.42 Å². The van der Waals surface area contributed by atoms with E-state index in [2.05, 4.69) is 4.74 Å². The summed E-state index contributed by atoms with van der Waals surface area (Å²) in [7, 11) is -5.77. The largest absolute Gasteiger partial charge is 0.465 e. The second kappa shape index (κ2) is 6.25. The normalized spacial score (nSPS) is 14.4. The van der Waals surface area contributed by atoms with Crippen LogP contribution in [0, 0.1) is 5.92 Å². The Morgan fingerprint density at radius 2 is 1.94 bits per heavy atom. The fourth-order valence-corrected chi connectivity index (χ4v) is 1.45. The van der Waals surface area contributed by atoms with Gasteiger partial charge in [-0.25, -0.2) is 4.79 Å². The molecule has 5 nitrogen and oxygen atoms in total. The molecule has 0 heterocycles. The molecule has 0 saturated carbocycles. The first kappa shape index (κ1) is 16.2. The van der Waals surface area contributed by atoms with Gasteiger partial charge in [0.05, 0.1) is 6.61 Å². The first-order chi connectivity index (χ1) is 7.63. The molecular formula is C9H16F2O5S. The Hall–Kier alpha value is -0.760. The zero-order valence-electron chi connectivity index (χ0n) is 9.65. The van der Waals surface area contributed by atoms with E-state index >= 15 is 0 Å². The van der Waals surface area contributed by atoms with Crippen molar-refractivity contribution in [3.8, 4) is 0 Å². The van der Waals surface area contributed by atoms with Gasteiger partial charge in [-0.05, 0) is 12.3 Å². The lowest BCUT2D eigenvalue weighted by atomic mass is 10.0. The van der Waals surface area contributed by atoms with Gasteiger partial charge in [0.15, 0.2) is 0 Å². The van der Waals surface area contributed by atoms with Gasteiger partial charge in [-0.2, -0.15) is 17.2 Å². The molecule has 1 atom stereocenters. The van der Waals surface area contributed by atoms with Crippen molar-refractivity contribution in [3.05, 3.63) is 0 Å². The number of carbonyl (C=O) groups is 1. The molecule has 0 amide bonds. The maximum absolute atomic E-state index is 12.7. The predicted octanol–water partition coefficient (Wildman–Crippen LogP) is 1.84. The van der Waals surface area contributed by atoms with Gasteiger partial charge in [0.2, 0.25) is 0 Å². The van der Waals surface area contributed by atoms with Crippen LogP contribution in [0.5, 0.6) is 0 Å². The van der Waals surface area contributed by atoms with Crippen molar-refractivity contribution in [2.24, 2.45) is 5.92 Å². The van der Waals surface area contributed by atoms with Crippen molar-refractivity contribution in [1.82, 2.24) is 0 Å². The summed E-state index contributed by atoms with van der Waals surface area (Å²) in [5, 5.41) is -4.90.